The van der Waals surface area contributed by atoms with Crippen LogP contribution >= 0.6 is 0 Å². The number of hydrogen-bond donors (Lipinski definition) is 1. The first-order chi connectivity index (χ1) is 7.90. The van der Waals surface area contributed by atoms with Crippen molar-refractivity contribution in [2.75, 3.05) is 0 Å². The van der Waals surface area contributed by atoms with Crippen molar-refractivity contribution >= 4 is 6.09 Å². The van der Waals surface area contributed by atoms with Gasteiger partial charge in [-0.15, -0.1) is 0 Å². The van der Waals surface area contributed by atoms with Crippen molar-refractivity contribution in [1.29, 1.82) is 0 Å². The molecule has 94 valence electrons. The third-order valence-corrected chi connectivity index (χ3v) is 3.63. The topological polar surface area (TPSA) is 62.9 Å². The van der Waals surface area contributed by atoms with E-state index in [4.69, 9.17) is 9.15 Å². The molecule has 1 saturated heterocycles. The third-order valence-electron chi connectivity index (χ3n) is 3.63. The number of carbonyl (C=O) groups excluding carboxylic acids is 1. The summed E-state index contributed by atoms with van der Waals surface area (Å²) in [5.41, 5.74) is -2.23. The summed E-state index contributed by atoms with van der Waals surface area (Å²) in [6, 6.07) is 3.50. The van der Waals surface area contributed by atoms with E-state index in [1.54, 1.807) is 26.0 Å². The average molecular weight is 239 g/mol. The molecule has 1 aromatic rings. The van der Waals surface area contributed by atoms with Gasteiger partial charge in [-0.3, -0.25) is 4.90 Å². The largest absolute Gasteiger partial charge is 0.467 e. The molecule has 2 atom stereocenters. The summed E-state index contributed by atoms with van der Waals surface area (Å²) in [5.74, 6) is 0.613. The summed E-state index contributed by atoms with van der Waals surface area (Å²) in [6.45, 7) is 5.39. The number of cyclic esters (lactones) is 1. The number of furan rings is 1. The molecule has 17 heavy (non-hydrogen) atoms. The van der Waals surface area contributed by atoms with Crippen LogP contribution in [0.2, 0.25) is 0 Å². The quantitative estimate of drug-likeness (QED) is 0.877. The lowest BCUT2D eigenvalue weighted by molar-refractivity contribution is -0.140. The molecule has 2 heterocycles. The highest BCUT2D eigenvalue weighted by atomic mass is 16.6. The molecule has 2 rings (SSSR count). The highest BCUT2D eigenvalue weighted by molar-refractivity contribution is 5.72. The SMILES string of the molecule is CCC1(C)OC(=O)N(Cc2ccco2)C1(C)O. The minimum Gasteiger partial charge on any atom is -0.467 e. The number of hydrogen-bond acceptors (Lipinski definition) is 4. The van der Waals surface area contributed by atoms with Gasteiger partial charge >= 0.3 is 6.09 Å². The molecular formula is C12H17NO4. The van der Waals surface area contributed by atoms with Gasteiger partial charge in [-0.1, -0.05) is 6.92 Å². The predicted molar refractivity (Wildman–Crippen MR) is 60.1 cm³/mol. The van der Waals surface area contributed by atoms with Crippen molar-refractivity contribution in [3.05, 3.63) is 24.2 Å². The summed E-state index contributed by atoms with van der Waals surface area (Å²) in [6.07, 6.45) is 1.56. The van der Waals surface area contributed by atoms with Gasteiger partial charge in [-0.05, 0) is 32.4 Å². The van der Waals surface area contributed by atoms with Crippen LogP contribution in [0.4, 0.5) is 4.79 Å². The van der Waals surface area contributed by atoms with Crippen molar-refractivity contribution in [2.45, 2.75) is 45.1 Å². The van der Waals surface area contributed by atoms with E-state index < -0.39 is 17.4 Å². The molecule has 2 unspecified atom stereocenters. The molecule has 1 aliphatic rings. The molecule has 5 heteroatoms. The highest BCUT2D eigenvalue weighted by Crippen LogP contribution is 2.40. The van der Waals surface area contributed by atoms with E-state index in [1.807, 2.05) is 6.92 Å². The summed E-state index contributed by atoms with van der Waals surface area (Å²) in [7, 11) is 0. The van der Waals surface area contributed by atoms with Crippen LogP contribution in [0.25, 0.3) is 0 Å². The Balaban J connectivity index is 2.26. The van der Waals surface area contributed by atoms with Gasteiger partial charge in [0.1, 0.15) is 5.76 Å². The number of rotatable bonds is 3. The van der Waals surface area contributed by atoms with Crippen LogP contribution in [0, 0.1) is 0 Å². The second-order valence-corrected chi connectivity index (χ2v) is 4.64. The zero-order valence-electron chi connectivity index (χ0n) is 10.3. The van der Waals surface area contributed by atoms with E-state index in [0.29, 0.717) is 12.2 Å². The molecule has 1 aromatic heterocycles. The van der Waals surface area contributed by atoms with Crippen molar-refractivity contribution < 1.29 is 19.1 Å². The van der Waals surface area contributed by atoms with Gasteiger partial charge in [0.15, 0.2) is 11.3 Å². The van der Waals surface area contributed by atoms with Crippen LogP contribution in [0.15, 0.2) is 22.8 Å². The standard InChI is InChI=1S/C12H17NO4/c1-4-11(2)12(3,15)13(10(14)17-11)8-9-6-5-7-16-9/h5-7,15H,4,8H2,1-3H3. The molecule has 0 bridgehead atoms. The van der Waals surface area contributed by atoms with E-state index >= 15 is 0 Å². The zero-order valence-corrected chi connectivity index (χ0v) is 10.3. The lowest BCUT2D eigenvalue weighted by Gasteiger charge is -2.36. The maximum absolute atomic E-state index is 11.8. The normalized spacial score (nSPS) is 32.9. The number of nitrogens with zero attached hydrogens (tertiary/aromatic N) is 1. The van der Waals surface area contributed by atoms with Gasteiger partial charge in [-0.2, -0.15) is 0 Å². The van der Waals surface area contributed by atoms with Crippen molar-refractivity contribution in [2.24, 2.45) is 0 Å². The lowest BCUT2D eigenvalue weighted by Crippen LogP contribution is -2.54. The Morgan fingerprint density at radius 2 is 2.18 bits per heavy atom. The molecule has 0 aliphatic carbocycles. The van der Waals surface area contributed by atoms with E-state index in [0.717, 1.165) is 0 Å². The number of amides is 1. The van der Waals surface area contributed by atoms with Crippen LogP contribution in [0.5, 0.6) is 0 Å². The molecule has 1 aliphatic heterocycles. The molecule has 0 saturated carbocycles. The fraction of sp³-hybridized carbons (Fsp3) is 0.583. The van der Waals surface area contributed by atoms with Crippen LogP contribution in [-0.4, -0.2) is 27.4 Å². The molecule has 0 aromatic carbocycles. The smallest absolute Gasteiger partial charge is 0.413 e. The lowest BCUT2D eigenvalue weighted by atomic mass is 9.91. The van der Waals surface area contributed by atoms with E-state index in [1.165, 1.54) is 11.2 Å². The molecule has 5 nitrogen and oxygen atoms in total. The monoisotopic (exact) mass is 239 g/mol. The maximum atomic E-state index is 11.8. The fourth-order valence-electron chi connectivity index (χ4n) is 1.99. The minimum absolute atomic E-state index is 0.203. The Labute approximate surface area is 100.0 Å². The van der Waals surface area contributed by atoms with Gasteiger partial charge in [0.2, 0.25) is 0 Å². The molecule has 1 fully saturated rings. The fourth-order valence-corrected chi connectivity index (χ4v) is 1.99. The second kappa shape index (κ2) is 3.77. The third kappa shape index (κ3) is 1.70. The Bertz CT molecular complexity index is 412. The predicted octanol–water partition coefficient (Wildman–Crippen LogP) is 2.11. The Morgan fingerprint density at radius 1 is 1.47 bits per heavy atom. The summed E-state index contributed by atoms with van der Waals surface area (Å²) in [5, 5.41) is 10.5. The van der Waals surface area contributed by atoms with Crippen molar-refractivity contribution in [1.82, 2.24) is 4.90 Å². The van der Waals surface area contributed by atoms with Gasteiger partial charge in [0.05, 0.1) is 12.8 Å². The molecule has 1 amide bonds. The van der Waals surface area contributed by atoms with Crippen LogP contribution in [0.3, 0.4) is 0 Å². The second-order valence-electron chi connectivity index (χ2n) is 4.64. The van der Waals surface area contributed by atoms with E-state index in [-0.39, 0.29) is 6.54 Å². The summed E-state index contributed by atoms with van der Waals surface area (Å²) < 4.78 is 10.4. The van der Waals surface area contributed by atoms with Gasteiger partial charge in [-0.25, -0.2) is 4.79 Å². The number of aliphatic hydroxyl groups is 1. The number of carbonyl (C=O) groups is 1. The Hall–Kier alpha value is -1.49. The first-order valence-corrected chi connectivity index (χ1v) is 5.66. The molecular weight excluding hydrogens is 222 g/mol. The van der Waals surface area contributed by atoms with Gasteiger partial charge < -0.3 is 14.3 Å². The zero-order chi connectivity index (χ0) is 12.7. The Kier molecular flexibility index (Phi) is 2.66. The van der Waals surface area contributed by atoms with Gasteiger partial charge in [0, 0.05) is 0 Å². The average Bonchev–Trinajstić information content (AvgIpc) is 2.82. The van der Waals surface area contributed by atoms with Crippen LogP contribution in [0.1, 0.15) is 33.0 Å². The Morgan fingerprint density at radius 3 is 2.65 bits per heavy atom. The summed E-state index contributed by atoms with van der Waals surface area (Å²) in [4.78, 5) is 13.1. The first-order valence-electron chi connectivity index (χ1n) is 5.66. The number of ether oxygens (including phenoxy) is 1. The highest BCUT2D eigenvalue weighted by Gasteiger charge is 2.58. The van der Waals surface area contributed by atoms with Crippen LogP contribution < -0.4 is 0 Å². The molecule has 1 N–H and O–H groups in total. The van der Waals surface area contributed by atoms with Gasteiger partial charge in [0.25, 0.3) is 0 Å². The van der Waals surface area contributed by atoms with Crippen molar-refractivity contribution in [3.63, 3.8) is 0 Å². The van der Waals surface area contributed by atoms with Crippen molar-refractivity contribution in [3.8, 4) is 0 Å². The maximum Gasteiger partial charge on any atom is 0.413 e. The molecule has 0 spiro atoms. The van der Waals surface area contributed by atoms with E-state index in [9.17, 15) is 9.90 Å². The van der Waals surface area contributed by atoms with Crippen LogP contribution in [-0.2, 0) is 11.3 Å². The summed E-state index contributed by atoms with van der Waals surface area (Å²) >= 11 is 0. The van der Waals surface area contributed by atoms with E-state index in [2.05, 4.69) is 0 Å². The minimum atomic E-state index is -1.34. The first kappa shape index (κ1) is 12.0. The molecule has 0 radical (unpaired) electrons.